The third-order valence-electron chi connectivity index (χ3n) is 4.74. The van der Waals surface area contributed by atoms with E-state index >= 15 is 0 Å². The van der Waals surface area contributed by atoms with Gasteiger partial charge in [0.25, 0.3) is 0 Å². The molecule has 1 aliphatic rings. The van der Waals surface area contributed by atoms with Gasteiger partial charge in [-0.1, -0.05) is 24.3 Å². The summed E-state index contributed by atoms with van der Waals surface area (Å²) in [6.07, 6.45) is 3.17. The summed E-state index contributed by atoms with van der Waals surface area (Å²) in [4.78, 5) is 12.3. The molecular weight excluding hydrogens is 382 g/mol. The Hall–Kier alpha value is -3.42. The number of rotatable bonds is 10. The number of benzene rings is 2. The molecule has 0 aliphatic heterocycles. The molecular formula is C22H25N5O3. The summed E-state index contributed by atoms with van der Waals surface area (Å²) in [5, 5.41) is 15.0. The van der Waals surface area contributed by atoms with E-state index in [2.05, 4.69) is 20.8 Å². The van der Waals surface area contributed by atoms with Crippen LogP contribution < -0.4 is 14.8 Å². The maximum absolute atomic E-state index is 12.3. The molecule has 2 aromatic carbocycles. The minimum absolute atomic E-state index is 0.0596. The van der Waals surface area contributed by atoms with Gasteiger partial charge in [-0.15, -0.1) is 5.10 Å². The van der Waals surface area contributed by atoms with E-state index in [9.17, 15) is 4.79 Å². The molecule has 4 rings (SSSR count). The van der Waals surface area contributed by atoms with Crippen LogP contribution in [0.2, 0.25) is 0 Å². The van der Waals surface area contributed by atoms with Crippen LogP contribution in [0.15, 0.2) is 48.5 Å². The fourth-order valence-corrected chi connectivity index (χ4v) is 3.17. The number of aromatic nitrogens is 4. The normalized spacial score (nSPS) is 13.1. The average molecular weight is 407 g/mol. The quantitative estimate of drug-likeness (QED) is 0.513. The summed E-state index contributed by atoms with van der Waals surface area (Å²) < 4.78 is 13.2. The molecule has 3 aromatic rings. The topological polar surface area (TPSA) is 91.2 Å². The van der Waals surface area contributed by atoms with Crippen molar-refractivity contribution in [3.05, 3.63) is 48.5 Å². The molecule has 0 bridgehead atoms. The molecule has 0 saturated heterocycles. The number of para-hydroxylation sites is 2. The van der Waals surface area contributed by atoms with Crippen LogP contribution in [0, 0.1) is 0 Å². The number of hydrogen-bond acceptors (Lipinski definition) is 6. The second kappa shape index (κ2) is 9.39. The largest absolute Gasteiger partial charge is 0.490 e. The summed E-state index contributed by atoms with van der Waals surface area (Å²) in [5.74, 6) is 2.08. The second-order valence-electron chi connectivity index (χ2n) is 7.14. The van der Waals surface area contributed by atoms with E-state index in [0.717, 1.165) is 35.7 Å². The predicted molar refractivity (Wildman–Crippen MR) is 112 cm³/mol. The number of anilines is 1. The van der Waals surface area contributed by atoms with Crippen molar-refractivity contribution in [2.24, 2.45) is 0 Å². The summed E-state index contributed by atoms with van der Waals surface area (Å²) in [6.45, 7) is 2.95. The van der Waals surface area contributed by atoms with Gasteiger partial charge in [0.05, 0.1) is 19.3 Å². The lowest BCUT2D eigenvalue weighted by atomic mass is 10.2. The lowest BCUT2D eigenvalue weighted by Crippen LogP contribution is -2.13. The van der Waals surface area contributed by atoms with Crippen LogP contribution in [-0.4, -0.2) is 39.3 Å². The molecule has 1 amide bonds. The third-order valence-corrected chi connectivity index (χ3v) is 4.74. The van der Waals surface area contributed by atoms with E-state index in [4.69, 9.17) is 9.47 Å². The van der Waals surface area contributed by atoms with Crippen molar-refractivity contribution in [1.29, 1.82) is 0 Å². The van der Waals surface area contributed by atoms with Crippen molar-refractivity contribution in [3.63, 3.8) is 0 Å². The third kappa shape index (κ3) is 4.94. The second-order valence-corrected chi connectivity index (χ2v) is 7.14. The van der Waals surface area contributed by atoms with Gasteiger partial charge in [-0.3, -0.25) is 4.79 Å². The Morgan fingerprint density at radius 1 is 1.13 bits per heavy atom. The molecule has 156 valence electrons. The first-order chi connectivity index (χ1) is 14.7. The number of carbonyl (C=O) groups excluding carboxylic acids is 1. The summed E-state index contributed by atoms with van der Waals surface area (Å²) >= 11 is 0. The van der Waals surface area contributed by atoms with Gasteiger partial charge in [0.15, 0.2) is 17.3 Å². The predicted octanol–water partition coefficient (Wildman–Crippen LogP) is 3.87. The van der Waals surface area contributed by atoms with Gasteiger partial charge in [0.1, 0.15) is 0 Å². The molecule has 30 heavy (non-hydrogen) atoms. The fraction of sp³-hybridized carbons (Fsp3) is 0.364. The summed E-state index contributed by atoms with van der Waals surface area (Å²) in [6, 6.07) is 15.5. The van der Waals surface area contributed by atoms with E-state index in [1.165, 1.54) is 0 Å². The minimum Gasteiger partial charge on any atom is -0.490 e. The molecule has 0 unspecified atom stereocenters. The van der Waals surface area contributed by atoms with Crippen molar-refractivity contribution in [3.8, 4) is 22.9 Å². The van der Waals surface area contributed by atoms with E-state index in [-0.39, 0.29) is 5.91 Å². The van der Waals surface area contributed by atoms with Crippen LogP contribution in [0.3, 0.4) is 0 Å². The molecule has 1 heterocycles. The van der Waals surface area contributed by atoms with Crippen molar-refractivity contribution in [2.75, 3.05) is 18.5 Å². The number of tetrazole rings is 1. The highest BCUT2D eigenvalue weighted by Gasteiger charge is 2.28. The van der Waals surface area contributed by atoms with Gasteiger partial charge >= 0.3 is 0 Å². The van der Waals surface area contributed by atoms with Crippen molar-refractivity contribution in [2.45, 2.75) is 38.6 Å². The van der Waals surface area contributed by atoms with Crippen LogP contribution in [-0.2, 0) is 4.79 Å². The first-order valence-electron chi connectivity index (χ1n) is 10.3. The molecule has 0 spiro atoms. The van der Waals surface area contributed by atoms with Crippen LogP contribution in [0.1, 0.15) is 38.6 Å². The van der Waals surface area contributed by atoms with Gasteiger partial charge in [0.2, 0.25) is 5.91 Å². The highest BCUT2D eigenvalue weighted by atomic mass is 16.5. The Labute approximate surface area is 175 Å². The maximum Gasteiger partial charge on any atom is 0.224 e. The average Bonchev–Trinajstić information content (AvgIpc) is 3.49. The lowest BCUT2D eigenvalue weighted by molar-refractivity contribution is -0.116. The van der Waals surface area contributed by atoms with Crippen molar-refractivity contribution >= 4 is 11.6 Å². The minimum atomic E-state index is -0.0596. The van der Waals surface area contributed by atoms with Gasteiger partial charge < -0.3 is 14.8 Å². The highest BCUT2D eigenvalue weighted by Crippen LogP contribution is 2.36. The van der Waals surface area contributed by atoms with Crippen LogP contribution >= 0.6 is 0 Å². The van der Waals surface area contributed by atoms with E-state index < -0.39 is 0 Å². The molecule has 1 aliphatic carbocycles. The first-order valence-corrected chi connectivity index (χ1v) is 10.3. The van der Waals surface area contributed by atoms with E-state index in [1.54, 1.807) is 0 Å². The number of nitrogens with zero attached hydrogens (tertiary/aromatic N) is 4. The molecule has 1 aromatic heterocycles. The van der Waals surface area contributed by atoms with Gasteiger partial charge in [-0.05, 0) is 60.9 Å². The zero-order valence-electron chi connectivity index (χ0n) is 17.0. The molecule has 8 nitrogen and oxygen atoms in total. The molecule has 1 N–H and O–H groups in total. The van der Waals surface area contributed by atoms with Gasteiger partial charge in [-0.2, -0.15) is 0 Å². The number of ether oxygens (including phenoxy) is 2. The Morgan fingerprint density at radius 2 is 1.93 bits per heavy atom. The Morgan fingerprint density at radius 3 is 2.70 bits per heavy atom. The maximum atomic E-state index is 12.3. The first kappa shape index (κ1) is 19.9. The zero-order valence-corrected chi connectivity index (χ0v) is 17.0. The monoisotopic (exact) mass is 407 g/mol. The van der Waals surface area contributed by atoms with Crippen molar-refractivity contribution in [1.82, 2.24) is 20.2 Å². The number of nitrogens with one attached hydrogen (secondary N) is 1. The standard InChI is InChI=1S/C22H25N5O3/c1-2-29-19-9-3-4-10-20(19)30-14-6-11-21(28)23-17-8-5-7-16(15-17)22-24-25-26-27(22)18-12-13-18/h3-5,7-10,15,18H,2,6,11-14H2,1H3,(H,23,28). The molecule has 0 radical (unpaired) electrons. The van der Waals surface area contributed by atoms with E-state index in [0.29, 0.717) is 37.8 Å². The Balaban J connectivity index is 1.28. The summed E-state index contributed by atoms with van der Waals surface area (Å²) in [5.41, 5.74) is 1.62. The van der Waals surface area contributed by atoms with Crippen LogP contribution in [0.5, 0.6) is 11.5 Å². The molecule has 1 fully saturated rings. The fourth-order valence-electron chi connectivity index (χ4n) is 3.17. The van der Waals surface area contributed by atoms with Crippen LogP contribution in [0.4, 0.5) is 5.69 Å². The lowest BCUT2D eigenvalue weighted by Gasteiger charge is -2.11. The molecule has 1 saturated carbocycles. The van der Waals surface area contributed by atoms with Crippen molar-refractivity contribution < 1.29 is 14.3 Å². The summed E-state index contributed by atoms with van der Waals surface area (Å²) in [7, 11) is 0. The smallest absolute Gasteiger partial charge is 0.224 e. The van der Waals surface area contributed by atoms with E-state index in [1.807, 2.05) is 60.1 Å². The number of amides is 1. The SMILES string of the molecule is CCOc1ccccc1OCCCC(=O)Nc1cccc(-c2nnnn2C2CC2)c1. The van der Waals surface area contributed by atoms with Crippen LogP contribution in [0.25, 0.3) is 11.4 Å². The highest BCUT2D eigenvalue weighted by molar-refractivity contribution is 5.91. The number of carbonyl (C=O) groups is 1. The Bertz CT molecular complexity index is 1000. The zero-order chi connectivity index (χ0) is 20.8. The molecule has 0 atom stereocenters. The molecule has 8 heteroatoms. The number of hydrogen-bond donors (Lipinski definition) is 1. The van der Waals surface area contributed by atoms with Gasteiger partial charge in [-0.25, -0.2) is 4.68 Å². The Kier molecular flexibility index (Phi) is 6.22. The van der Waals surface area contributed by atoms with Gasteiger partial charge in [0, 0.05) is 17.7 Å².